The highest BCUT2D eigenvalue weighted by Crippen LogP contribution is 2.26. The Kier molecular flexibility index (Phi) is 2.18. The lowest BCUT2D eigenvalue weighted by Crippen LogP contribution is -2.13. The molecule has 1 aliphatic rings. The molecule has 0 radical (unpaired) electrons. The molecule has 1 heterocycles. The van der Waals surface area contributed by atoms with E-state index in [2.05, 4.69) is 10.1 Å². The van der Waals surface area contributed by atoms with Crippen LogP contribution in [0.2, 0.25) is 0 Å². The Morgan fingerprint density at radius 1 is 1.29 bits per heavy atom. The van der Waals surface area contributed by atoms with Gasteiger partial charge in [0.15, 0.2) is 5.71 Å². The van der Waals surface area contributed by atoms with Crippen LogP contribution in [0.25, 0.3) is 0 Å². The van der Waals surface area contributed by atoms with E-state index in [0.717, 1.165) is 11.3 Å². The number of aliphatic imine (C=N–C) groups is 1. The number of rotatable bonds is 1. The number of hydrogen-bond acceptors (Lipinski definition) is 4. The Morgan fingerprint density at radius 3 is 2.79 bits per heavy atom. The standard InChI is InChI=1S/C10H10N2O2/c1-11-10-9(12-13-2)7-5-3-4-6-8(7)14-10/h3-6H,1-2H3/b11-10?,12-9+. The van der Waals surface area contributed by atoms with Gasteiger partial charge in [-0.05, 0) is 12.1 Å². The third kappa shape index (κ3) is 1.25. The van der Waals surface area contributed by atoms with Crippen molar-refractivity contribution in [1.29, 1.82) is 0 Å². The molecule has 1 aromatic carbocycles. The minimum absolute atomic E-state index is 0.494. The number of fused-ring (bicyclic) bond motifs is 1. The molecule has 0 atom stereocenters. The van der Waals surface area contributed by atoms with E-state index >= 15 is 0 Å². The SMILES string of the molecule is CN=C1Oc2ccccc2/C1=N\OC. The molecular formula is C10H10N2O2. The van der Waals surface area contributed by atoms with Gasteiger partial charge in [0.05, 0.1) is 5.56 Å². The smallest absolute Gasteiger partial charge is 0.244 e. The average molecular weight is 190 g/mol. The molecule has 0 unspecified atom stereocenters. The number of benzene rings is 1. The van der Waals surface area contributed by atoms with Crippen molar-refractivity contribution in [3.63, 3.8) is 0 Å². The maximum atomic E-state index is 5.46. The van der Waals surface area contributed by atoms with E-state index in [-0.39, 0.29) is 0 Å². The molecule has 0 N–H and O–H groups in total. The van der Waals surface area contributed by atoms with Crippen molar-refractivity contribution in [2.45, 2.75) is 0 Å². The zero-order chi connectivity index (χ0) is 9.97. The molecule has 4 heteroatoms. The first-order valence-electron chi connectivity index (χ1n) is 4.22. The number of para-hydroxylation sites is 1. The van der Waals surface area contributed by atoms with E-state index in [0.29, 0.717) is 11.6 Å². The minimum atomic E-state index is 0.494. The van der Waals surface area contributed by atoms with Crippen LogP contribution in [0.4, 0.5) is 0 Å². The van der Waals surface area contributed by atoms with Crippen molar-refractivity contribution < 1.29 is 9.57 Å². The second-order valence-corrected chi connectivity index (χ2v) is 2.75. The van der Waals surface area contributed by atoms with Gasteiger partial charge in [-0.1, -0.05) is 17.3 Å². The molecule has 0 spiro atoms. The van der Waals surface area contributed by atoms with E-state index in [9.17, 15) is 0 Å². The fourth-order valence-electron chi connectivity index (χ4n) is 1.35. The zero-order valence-corrected chi connectivity index (χ0v) is 8.02. The molecule has 2 rings (SSSR count). The summed E-state index contributed by atoms with van der Waals surface area (Å²) in [5, 5.41) is 3.88. The van der Waals surface area contributed by atoms with Crippen LogP contribution in [-0.2, 0) is 4.84 Å². The Balaban J connectivity index is 2.53. The van der Waals surface area contributed by atoms with E-state index < -0.39 is 0 Å². The third-order valence-electron chi connectivity index (χ3n) is 1.94. The topological polar surface area (TPSA) is 43.2 Å². The van der Waals surface area contributed by atoms with Crippen LogP contribution in [0, 0.1) is 0 Å². The lowest BCUT2D eigenvalue weighted by atomic mass is 10.1. The Morgan fingerprint density at radius 2 is 2.07 bits per heavy atom. The van der Waals surface area contributed by atoms with Crippen molar-refractivity contribution in [2.75, 3.05) is 14.2 Å². The summed E-state index contributed by atoms with van der Waals surface area (Å²) in [7, 11) is 3.16. The van der Waals surface area contributed by atoms with E-state index in [1.807, 2.05) is 24.3 Å². The van der Waals surface area contributed by atoms with Crippen LogP contribution in [0.1, 0.15) is 5.56 Å². The van der Waals surface area contributed by atoms with Crippen molar-refractivity contribution in [3.8, 4) is 5.75 Å². The van der Waals surface area contributed by atoms with Gasteiger partial charge >= 0.3 is 0 Å². The summed E-state index contributed by atoms with van der Waals surface area (Å²) < 4.78 is 5.46. The van der Waals surface area contributed by atoms with Crippen LogP contribution in [0.3, 0.4) is 0 Å². The van der Waals surface area contributed by atoms with Gasteiger partial charge in [0.1, 0.15) is 12.9 Å². The van der Waals surface area contributed by atoms with Crippen LogP contribution < -0.4 is 4.74 Å². The molecular weight excluding hydrogens is 180 g/mol. The summed E-state index contributed by atoms with van der Waals surface area (Å²) in [6.07, 6.45) is 0. The van der Waals surface area contributed by atoms with Crippen LogP contribution >= 0.6 is 0 Å². The first-order valence-corrected chi connectivity index (χ1v) is 4.22. The molecule has 0 aromatic heterocycles. The molecule has 1 aromatic rings. The van der Waals surface area contributed by atoms with Gasteiger partial charge in [0, 0.05) is 7.05 Å². The molecule has 72 valence electrons. The van der Waals surface area contributed by atoms with Crippen molar-refractivity contribution in [2.24, 2.45) is 10.1 Å². The predicted octanol–water partition coefficient (Wildman–Crippen LogP) is 1.46. The van der Waals surface area contributed by atoms with E-state index in [1.165, 1.54) is 7.11 Å². The molecule has 14 heavy (non-hydrogen) atoms. The zero-order valence-electron chi connectivity index (χ0n) is 8.02. The quantitative estimate of drug-likeness (QED) is 0.629. The summed E-state index contributed by atoms with van der Waals surface area (Å²) in [4.78, 5) is 8.73. The van der Waals surface area contributed by atoms with Gasteiger partial charge in [0.2, 0.25) is 5.90 Å². The molecule has 0 aliphatic carbocycles. The fraction of sp³-hybridized carbons (Fsp3) is 0.200. The average Bonchev–Trinajstić information content (AvgIpc) is 2.58. The molecule has 0 amide bonds. The monoisotopic (exact) mass is 190 g/mol. The maximum Gasteiger partial charge on any atom is 0.244 e. The van der Waals surface area contributed by atoms with Gasteiger partial charge in [-0.2, -0.15) is 0 Å². The summed E-state index contributed by atoms with van der Waals surface area (Å²) in [6.45, 7) is 0. The van der Waals surface area contributed by atoms with Gasteiger partial charge in [-0.3, -0.25) is 4.99 Å². The highest BCUT2D eigenvalue weighted by atomic mass is 16.6. The lowest BCUT2D eigenvalue weighted by molar-refractivity contribution is 0.214. The molecule has 0 saturated heterocycles. The van der Waals surface area contributed by atoms with Crippen molar-refractivity contribution >= 4 is 11.6 Å². The number of nitrogens with zero attached hydrogens (tertiary/aromatic N) is 2. The number of hydrogen-bond donors (Lipinski definition) is 0. The molecule has 0 saturated carbocycles. The van der Waals surface area contributed by atoms with Gasteiger partial charge in [0.25, 0.3) is 0 Å². The summed E-state index contributed by atoms with van der Waals surface area (Å²) in [5.74, 6) is 1.26. The summed E-state index contributed by atoms with van der Waals surface area (Å²) in [5.41, 5.74) is 1.56. The summed E-state index contributed by atoms with van der Waals surface area (Å²) in [6, 6.07) is 7.62. The maximum absolute atomic E-state index is 5.46. The predicted molar refractivity (Wildman–Crippen MR) is 54.0 cm³/mol. The highest BCUT2D eigenvalue weighted by Gasteiger charge is 2.26. The largest absolute Gasteiger partial charge is 0.436 e. The Bertz CT molecular complexity index is 410. The molecule has 0 fully saturated rings. The number of oxime groups is 1. The van der Waals surface area contributed by atoms with Crippen molar-refractivity contribution in [1.82, 2.24) is 0 Å². The van der Waals surface area contributed by atoms with E-state index in [4.69, 9.17) is 9.57 Å². The van der Waals surface area contributed by atoms with Crippen molar-refractivity contribution in [3.05, 3.63) is 29.8 Å². The van der Waals surface area contributed by atoms with Crippen LogP contribution in [0.15, 0.2) is 34.4 Å². The second kappa shape index (κ2) is 3.49. The Labute approximate surface area is 81.9 Å². The summed E-state index contributed by atoms with van der Waals surface area (Å²) >= 11 is 0. The first kappa shape index (κ1) is 8.74. The minimum Gasteiger partial charge on any atom is -0.436 e. The number of ether oxygens (including phenoxy) is 1. The van der Waals surface area contributed by atoms with E-state index in [1.54, 1.807) is 7.05 Å². The normalized spacial score (nSPS) is 19.6. The lowest BCUT2D eigenvalue weighted by Gasteiger charge is -1.94. The first-order chi connectivity index (χ1) is 6.86. The highest BCUT2D eigenvalue weighted by molar-refractivity contribution is 6.48. The van der Waals surface area contributed by atoms with Crippen LogP contribution in [-0.4, -0.2) is 25.8 Å². The van der Waals surface area contributed by atoms with Gasteiger partial charge in [-0.15, -0.1) is 0 Å². The van der Waals surface area contributed by atoms with Gasteiger partial charge < -0.3 is 9.57 Å². The molecule has 1 aliphatic heterocycles. The molecule has 0 bridgehead atoms. The Hall–Kier alpha value is -1.84. The molecule has 4 nitrogen and oxygen atoms in total. The third-order valence-corrected chi connectivity index (χ3v) is 1.94. The van der Waals surface area contributed by atoms with Crippen LogP contribution in [0.5, 0.6) is 5.75 Å². The fourth-order valence-corrected chi connectivity index (χ4v) is 1.35. The second-order valence-electron chi connectivity index (χ2n) is 2.75. The van der Waals surface area contributed by atoms with Gasteiger partial charge in [-0.25, -0.2) is 0 Å².